The summed E-state index contributed by atoms with van der Waals surface area (Å²) in [6, 6.07) is 7.10. The van der Waals surface area contributed by atoms with Gasteiger partial charge < -0.3 is 10.2 Å². The van der Waals surface area contributed by atoms with Gasteiger partial charge in [0, 0.05) is 13.1 Å². The van der Waals surface area contributed by atoms with Crippen molar-refractivity contribution in [2.75, 3.05) is 26.0 Å². The SMILES string of the molecule is C[C@@H](C(=O)N(C)C1CCCCC1)N(C)CC(=O)Nc1ccccc1Cl. The smallest absolute Gasteiger partial charge is 0.239 e. The van der Waals surface area contributed by atoms with Crippen LogP contribution in [-0.4, -0.2) is 54.3 Å². The molecule has 0 spiro atoms. The second-order valence-corrected chi connectivity index (χ2v) is 7.27. The van der Waals surface area contributed by atoms with E-state index in [2.05, 4.69) is 5.32 Å². The Kier molecular flexibility index (Phi) is 7.26. The molecule has 6 heteroatoms. The summed E-state index contributed by atoms with van der Waals surface area (Å²) in [7, 11) is 3.68. The molecule has 0 bridgehead atoms. The largest absolute Gasteiger partial charge is 0.341 e. The van der Waals surface area contributed by atoms with Gasteiger partial charge in [-0.05, 0) is 38.9 Å². The molecule has 1 aromatic carbocycles. The predicted octanol–water partition coefficient (Wildman–Crippen LogP) is 3.39. The van der Waals surface area contributed by atoms with Crippen LogP contribution in [-0.2, 0) is 9.59 Å². The molecule has 5 nitrogen and oxygen atoms in total. The van der Waals surface area contributed by atoms with Crippen LogP contribution in [0.2, 0.25) is 5.02 Å². The maximum absolute atomic E-state index is 12.7. The van der Waals surface area contributed by atoms with Gasteiger partial charge in [0.15, 0.2) is 0 Å². The van der Waals surface area contributed by atoms with Crippen molar-refractivity contribution in [3.8, 4) is 0 Å². The summed E-state index contributed by atoms with van der Waals surface area (Å²) in [5.74, 6) is -0.115. The first kappa shape index (κ1) is 19.7. The Bertz CT molecular complexity index is 602. The highest BCUT2D eigenvalue weighted by Crippen LogP contribution is 2.23. The van der Waals surface area contributed by atoms with Crippen LogP contribution in [0.3, 0.4) is 0 Å². The van der Waals surface area contributed by atoms with Crippen LogP contribution in [0, 0.1) is 0 Å². The monoisotopic (exact) mass is 365 g/mol. The first-order chi connectivity index (χ1) is 11.9. The number of rotatable bonds is 6. The summed E-state index contributed by atoms with van der Waals surface area (Å²) in [6.45, 7) is 1.99. The molecule has 1 saturated carbocycles. The Morgan fingerprint density at radius 2 is 1.84 bits per heavy atom. The van der Waals surface area contributed by atoms with Crippen molar-refractivity contribution in [1.82, 2.24) is 9.80 Å². The Morgan fingerprint density at radius 3 is 2.48 bits per heavy atom. The third-order valence-electron chi connectivity index (χ3n) is 5.03. The molecule has 1 aliphatic rings. The van der Waals surface area contributed by atoms with Crippen LogP contribution in [0.25, 0.3) is 0 Å². The van der Waals surface area contributed by atoms with Crippen molar-refractivity contribution in [2.45, 2.75) is 51.1 Å². The summed E-state index contributed by atoms with van der Waals surface area (Å²) < 4.78 is 0. The lowest BCUT2D eigenvalue weighted by Gasteiger charge is -2.35. The highest BCUT2D eigenvalue weighted by atomic mass is 35.5. The lowest BCUT2D eigenvalue weighted by Crippen LogP contribution is -2.49. The Labute approximate surface area is 155 Å². The number of nitrogens with one attached hydrogen (secondary N) is 1. The fourth-order valence-corrected chi connectivity index (χ4v) is 3.43. The Morgan fingerprint density at radius 1 is 1.20 bits per heavy atom. The first-order valence-corrected chi connectivity index (χ1v) is 9.29. The molecule has 0 aliphatic heterocycles. The van der Waals surface area contributed by atoms with Crippen molar-refractivity contribution in [3.63, 3.8) is 0 Å². The van der Waals surface area contributed by atoms with Gasteiger partial charge >= 0.3 is 0 Å². The van der Waals surface area contributed by atoms with Crippen LogP contribution < -0.4 is 5.32 Å². The minimum atomic E-state index is -0.344. The highest BCUT2D eigenvalue weighted by molar-refractivity contribution is 6.33. The molecule has 0 heterocycles. The average Bonchev–Trinajstić information content (AvgIpc) is 2.62. The first-order valence-electron chi connectivity index (χ1n) is 8.91. The van der Waals surface area contributed by atoms with Crippen LogP contribution >= 0.6 is 11.6 Å². The molecule has 2 amide bonds. The molecule has 0 radical (unpaired) electrons. The highest BCUT2D eigenvalue weighted by Gasteiger charge is 2.28. The molecule has 138 valence electrons. The third-order valence-corrected chi connectivity index (χ3v) is 5.36. The Balaban J connectivity index is 1.88. The predicted molar refractivity (Wildman–Crippen MR) is 102 cm³/mol. The Hall–Kier alpha value is -1.59. The molecular weight excluding hydrogens is 338 g/mol. The van der Waals surface area contributed by atoms with E-state index in [1.54, 1.807) is 24.1 Å². The van der Waals surface area contributed by atoms with Crippen molar-refractivity contribution in [2.24, 2.45) is 0 Å². The van der Waals surface area contributed by atoms with Gasteiger partial charge in [0.25, 0.3) is 0 Å². The second-order valence-electron chi connectivity index (χ2n) is 6.86. The van der Waals surface area contributed by atoms with Gasteiger partial charge in [-0.1, -0.05) is 43.0 Å². The number of carbonyl (C=O) groups is 2. The zero-order valence-electron chi connectivity index (χ0n) is 15.3. The zero-order chi connectivity index (χ0) is 18.4. The van der Waals surface area contributed by atoms with E-state index in [1.807, 2.05) is 31.0 Å². The van der Waals surface area contributed by atoms with E-state index in [1.165, 1.54) is 19.3 Å². The standard InChI is InChI=1S/C19H28ClN3O2/c1-14(19(25)23(3)15-9-5-4-6-10-15)22(2)13-18(24)21-17-12-8-7-11-16(17)20/h7-8,11-12,14-15H,4-6,9-10,13H2,1-3H3,(H,21,24)/t14-/m0/s1. The quantitative estimate of drug-likeness (QED) is 0.840. The average molecular weight is 366 g/mol. The van der Waals surface area contributed by atoms with E-state index in [-0.39, 0.29) is 24.4 Å². The molecule has 25 heavy (non-hydrogen) atoms. The summed E-state index contributed by atoms with van der Waals surface area (Å²) in [5.41, 5.74) is 0.584. The number of amides is 2. The molecule has 1 aromatic rings. The van der Waals surface area contributed by atoms with Crippen molar-refractivity contribution in [3.05, 3.63) is 29.3 Å². The number of para-hydroxylation sites is 1. The summed E-state index contributed by atoms with van der Waals surface area (Å²) >= 11 is 6.06. The van der Waals surface area contributed by atoms with Crippen molar-refractivity contribution in [1.29, 1.82) is 0 Å². The fourth-order valence-electron chi connectivity index (χ4n) is 3.25. The number of benzene rings is 1. The van der Waals surface area contributed by atoms with Gasteiger partial charge in [0.05, 0.1) is 23.3 Å². The fraction of sp³-hybridized carbons (Fsp3) is 0.579. The lowest BCUT2D eigenvalue weighted by molar-refractivity contribution is -0.137. The van der Waals surface area contributed by atoms with Gasteiger partial charge in [-0.2, -0.15) is 0 Å². The van der Waals surface area contributed by atoms with Gasteiger partial charge in [-0.15, -0.1) is 0 Å². The summed E-state index contributed by atoms with van der Waals surface area (Å²) in [4.78, 5) is 28.6. The molecule has 1 N–H and O–H groups in total. The molecular formula is C19H28ClN3O2. The molecule has 0 saturated heterocycles. The summed E-state index contributed by atoms with van der Waals surface area (Å²) in [6.07, 6.45) is 5.78. The minimum Gasteiger partial charge on any atom is -0.341 e. The lowest BCUT2D eigenvalue weighted by atomic mass is 9.94. The number of hydrogen-bond acceptors (Lipinski definition) is 3. The molecule has 1 aliphatic carbocycles. The number of likely N-dealkylation sites (N-methyl/N-ethyl adjacent to an activating group) is 2. The van der Waals surface area contributed by atoms with Crippen LogP contribution in [0.4, 0.5) is 5.69 Å². The number of anilines is 1. The number of hydrogen-bond donors (Lipinski definition) is 1. The van der Waals surface area contributed by atoms with Gasteiger partial charge in [0.1, 0.15) is 0 Å². The van der Waals surface area contributed by atoms with E-state index in [0.717, 1.165) is 12.8 Å². The minimum absolute atomic E-state index is 0.0694. The maximum atomic E-state index is 12.7. The van der Waals surface area contributed by atoms with Crippen LogP contribution in [0.15, 0.2) is 24.3 Å². The number of halogens is 1. The molecule has 1 fully saturated rings. The van der Waals surface area contributed by atoms with Crippen molar-refractivity contribution >= 4 is 29.1 Å². The van der Waals surface area contributed by atoms with Crippen LogP contribution in [0.5, 0.6) is 0 Å². The maximum Gasteiger partial charge on any atom is 0.239 e. The number of carbonyl (C=O) groups excluding carboxylic acids is 2. The van der Waals surface area contributed by atoms with E-state index >= 15 is 0 Å². The van der Waals surface area contributed by atoms with Gasteiger partial charge in [-0.3, -0.25) is 14.5 Å². The molecule has 2 rings (SSSR count). The van der Waals surface area contributed by atoms with Gasteiger partial charge in [0.2, 0.25) is 11.8 Å². The normalized spacial score (nSPS) is 16.5. The second kappa shape index (κ2) is 9.20. The zero-order valence-corrected chi connectivity index (χ0v) is 16.1. The van der Waals surface area contributed by atoms with E-state index in [0.29, 0.717) is 16.8 Å². The molecule has 0 aromatic heterocycles. The topological polar surface area (TPSA) is 52.7 Å². The van der Waals surface area contributed by atoms with E-state index in [9.17, 15) is 9.59 Å². The van der Waals surface area contributed by atoms with Crippen LogP contribution in [0.1, 0.15) is 39.0 Å². The molecule has 0 unspecified atom stereocenters. The van der Waals surface area contributed by atoms with Crippen molar-refractivity contribution < 1.29 is 9.59 Å². The van der Waals surface area contributed by atoms with E-state index < -0.39 is 0 Å². The number of nitrogens with zero attached hydrogens (tertiary/aromatic N) is 2. The van der Waals surface area contributed by atoms with E-state index in [4.69, 9.17) is 11.6 Å². The van der Waals surface area contributed by atoms with Gasteiger partial charge in [-0.25, -0.2) is 0 Å². The molecule has 1 atom stereocenters. The third kappa shape index (κ3) is 5.44. The summed E-state index contributed by atoms with van der Waals surface area (Å²) in [5, 5.41) is 3.29.